The first-order valence-corrected chi connectivity index (χ1v) is 7.89. The smallest absolute Gasteiger partial charge is 0.276 e. The average molecular weight is 356 g/mol. The Morgan fingerprint density at radius 3 is 2.60 bits per heavy atom. The molecule has 6 nitrogen and oxygen atoms in total. The molecule has 0 unspecified atom stereocenters. The summed E-state index contributed by atoms with van der Waals surface area (Å²) in [6.45, 7) is 1.78. The molecule has 0 spiro atoms. The number of halogens is 1. The van der Waals surface area contributed by atoms with Gasteiger partial charge >= 0.3 is 6.03 Å². The fourth-order valence-electron chi connectivity index (χ4n) is 2.48. The Hall–Kier alpha value is -2.99. The van der Waals surface area contributed by atoms with E-state index in [2.05, 4.69) is 10.3 Å². The van der Waals surface area contributed by atoms with Gasteiger partial charge in [0.1, 0.15) is 0 Å². The van der Waals surface area contributed by atoms with Crippen LogP contribution in [0.1, 0.15) is 5.56 Å². The Kier molecular flexibility index (Phi) is 4.63. The van der Waals surface area contributed by atoms with Crippen LogP contribution in [0.15, 0.2) is 53.5 Å². The van der Waals surface area contributed by atoms with E-state index in [0.717, 1.165) is 10.5 Å². The van der Waals surface area contributed by atoms with Crippen LogP contribution in [0.25, 0.3) is 0 Å². The highest BCUT2D eigenvalue weighted by Crippen LogP contribution is 2.24. The number of hydrogen-bond donors (Lipinski definition) is 1. The molecule has 0 bridgehead atoms. The van der Waals surface area contributed by atoms with Crippen LogP contribution < -0.4 is 10.2 Å². The quantitative estimate of drug-likeness (QED) is 0.678. The molecule has 2 aromatic carbocycles. The number of nitrogens with zero attached hydrogens (tertiary/aromatic N) is 2. The number of benzene rings is 2. The van der Waals surface area contributed by atoms with Crippen molar-refractivity contribution in [2.75, 3.05) is 4.90 Å². The lowest BCUT2D eigenvalue weighted by molar-refractivity contribution is -0.131. The van der Waals surface area contributed by atoms with Gasteiger partial charge in [-0.25, -0.2) is 9.69 Å². The summed E-state index contributed by atoms with van der Waals surface area (Å²) in [6.07, 6.45) is 1.22. The maximum absolute atomic E-state index is 12.7. The van der Waals surface area contributed by atoms with Crippen LogP contribution in [0, 0.1) is 12.8 Å². The van der Waals surface area contributed by atoms with Crippen molar-refractivity contribution in [3.05, 3.63) is 59.1 Å². The fourth-order valence-corrected chi connectivity index (χ4v) is 2.67. The minimum atomic E-state index is -1.20. The van der Waals surface area contributed by atoms with Crippen molar-refractivity contribution in [1.29, 1.82) is 0 Å². The molecular weight excluding hydrogens is 342 g/mol. The highest BCUT2D eigenvalue weighted by Gasteiger charge is 2.40. The van der Waals surface area contributed by atoms with E-state index in [1.165, 1.54) is 6.21 Å². The van der Waals surface area contributed by atoms with Gasteiger partial charge in [0.2, 0.25) is 5.91 Å². The molecule has 0 saturated carbocycles. The molecule has 126 valence electrons. The van der Waals surface area contributed by atoms with Gasteiger partial charge in [0.05, 0.1) is 11.4 Å². The summed E-state index contributed by atoms with van der Waals surface area (Å²) in [5.41, 5.74) is 1.68. The van der Waals surface area contributed by atoms with E-state index >= 15 is 0 Å². The van der Waals surface area contributed by atoms with Crippen molar-refractivity contribution < 1.29 is 14.4 Å². The first-order chi connectivity index (χ1) is 12.0. The van der Waals surface area contributed by atoms with Crippen LogP contribution >= 0.6 is 11.6 Å². The summed E-state index contributed by atoms with van der Waals surface area (Å²) >= 11 is 5.89. The largest absolute Gasteiger partial charge is 0.335 e. The summed E-state index contributed by atoms with van der Waals surface area (Å²) in [5, 5.41) is 2.68. The minimum Gasteiger partial charge on any atom is -0.276 e. The molecule has 2 aromatic rings. The third-order valence-electron chi connectivity index (χ3n) is 3.74. The topological polar surface area (TPSA) is 78.8 Å². The Morgan fingerprint density at radius 2 is 1.88 bits per heavy atom. The van der Waals surface area contributed by atoms with Gasteiger partial charge in [-0.1, -0.05) is 35.9 Å². The van der Waals surface area contributed by atoms with E-state index in [0.29, 0.717) is 16.4 Å². The van der Waals surface area contributed by atoms with Crippen molar-refractivity contribution in [1.82, 2.24) is 5.32 Å². The highest BCUT2D eigenvalue weighted by molar-refractivity contribution is 6.33. The SMILES string of the molecule is Cc1ccccc1N1C(=O)NC(=O)[C@@H](C=Nc2cccc(Cl)c2)C1=O. The maximum atomic E-state index is 12.7. The molecule has 1 N–H and O–H groups in total. The van der Waals surface area contributed by atoms with Gasteiger partial charge in [-0.05, 0) is 36.8 Å². The molecule has 1 aliphatic heterocycles. The number of hydrogen-bond acceptors (Lipinski definition) is 4. The highest BCUT2D eigenvalue weighted by atomic mass is 35.5. The standard InChI is InChI=1S/C18H14ClN3O3/c1-11-5-2-3-8-15(11)22-17(24)14(16(23)21-18(22)25)10-20-13-7-4-6-12(19)9-13/h2-10,14H,1H3,(H,21,23,25)/t14-/m1/s1. The molecule has 3 rings (SSSR count). The maximum Gasteiger partial charge on any atom is 0.335 e. The summed E-state index contributed by atoms with van der Waals surface area (Å²) in [6, 6.07) is 12.9. The normalized spacial score (nSPS) is 17.9. The molecule has 25 heavy (non-hydrogen) atoms. The van der Waals surface area contributed by atoms with Crippen LogP contribution in [-0.2, 0) is 9.59 Å². The number of para-hydroxylation sites is 1. The van der Waals surface area contributed by atoms with Gasteiger partial charge in [-0.2, -0.15) is 0 Å². The van der Waals surface area contributed by atoms with Crippen LogP contribution in [-0.4, -0.2) is 24.1 Å². The van der Waals surface area contributed by atoms with E-state index in [9.17, 15) is 14.4 Å². The molecule has 1 heterocycles. The predicted octanol–water partition coefficient (Wildman–Crippen LogP) is 3.25. The molecule has 1 aliphatic rings. The summed E-state index contributed by atoms with van der Waals surface area (Å²) in [5.74, 6) is -2.55. The zero-order chi connectivity index (χ0) is 18.0. The zero-order valence-electron chi connectivity index (χ0n) is 13.3. The second kappa shape index (κ2) is 6.86. The van der Waals surface area contributed by atoms with Crippen LogP contribution in [0.2, 0.25) is 5.02 Å². The lowest BCUT2D eigenvalue weighted by Crippen LogP contribution is -2.58. The number of barbiturate groups is 1. The van der Waals surface area contributed by atoms with Gasteiger partial charge in [-0.3, -0.25) is 19.9 Å². The van der Waals surface area contributed by atoms with E-state index in [1.807, 2.05) is 0 Å². The van der Waals surface area contributed by atoms with Gasteiger partial charge in [0.25, 0.3) is 5.91 Å². The van der Waals surface area contributed by atoms with Crippen molar-refractivity contribution in [3.63, 3.8) is 0 Å². The van der Waals surface area contributed by atoms with Crippen LogP contribution in [0.5, 0.6) is 0 Å². The molecule has 1 fully saturated rings. The van der Waals surface area contributed by atoms with Gasteiger partial charge in [-0.15, -0.1) is 0 Å². The van der Waals surface area contributed by atoms with Crippen molar-refractivity contribution in [2.24, 2.45) is 10.9 Å². The monoisotopic (exact) mass is 355 g/mol. The number of imide groups is 2. The average Bonchev–Trinajstić information content (AvgIpc) is 2.56. The Bertz CT molecular complexity index is 895. The predicted molar refractivity (Wildman–Crippen MR) is 95.3 cm³/mol. The molecule has 7 heteroatoms. The van der Waals surface area contributed by atoms with Crippen molar-refractivity contribution in [2.45, 2.75) is 6.92 Å². The summed E-state index contributed by atoms with van der Waals surface area (Å²) in [7, 11) is 0. The molecule has 0 radical (unpaired) electrons. The molecular formula is C18H14ClN3O3. The number of aliphatic imine (C=N–C) groups is 1. The fraction of sp³-hybridized carbons (Fsp3) is 0.111. The molecule has 4 amide bonds. The third kappa shape index (κ3) is 3.44. The number of rotatable bonds is 3. The van der Waals surface area contributed by atoms with E-state index < -0.39 is 23.8 Å². The first-order valence-electron chi connectivity index (χ1n) is 7.51. The van der Waals surface area contributed by atoms with E-state index in [4.69, 9.17) is 11.6 Å². The second-order valence-corrected chi connectivity index (χ2v) is 5.93. The number of anilines is 1. The molecule has 0 aromatic heterocycles. The van der Waals surface area contributed by atoms with Gasteiger partial charge < -0.3 is 0 Å². The lowest BCUT2D eigenvalue weighted by Gasteiger charge is -2.29. The van der Waals surface area contributed by atoms with E-state index in [1.54, 1.807) is 55.5 Å². The minimum absolute atomic E-state index is 0.429. The van der Waals surface area contributed by atoms with Crippen molar-refractivity contribution >= 4 is 47.0 Å². The Morgan fingerprint density at radius 1 is 1.12 bits per heavy atom. The van der Waals surface area contributed by atoms with Crippen LogP contribution in [0.3, 0.4) is 0 Å². The van der Waals surface area contributed by atoms with E-state index in [-0.39, 0.29) is 0 Å². The number of carbonyl (C=O) groups excluding carboxylic acids is 3. The molecule has 1 saturated heterocycles. The number of nitrogens with one attached hydrogen (secondary N) is 1. The van der Waals surface area contributed by atoms with Crippen LogP contribution in [0.4, 0.5) is 16.2 Å². The molecule has 1 atom stereocenters. The number of aryl methyl sites for hydroxylation is 1. The second-order valence-electron chi connectivity index (χ2n) is 5.49. The number of amides is 4. The number of carbonyl (C=O) groups is 3. The summed E-state index contributed by atoms with van der Waals surface area (Å²) < 4.78 is 0. The Balaban J connectivity index is 1.92. The molecule has 0 aliphatic carbocycles. The third-order valence-corrected chi connectivity index (χ3v) is 3.97. The van der Waals surface area contributed by atoms with Gasteiger partial charge in [0, 0.05) is 11.2 Å². The summed E-state index contributed by atoms with van der Waals surface area (Å²) in [4.78, 5) is 42.0. The van der Waals surface area contributed by atoms with Gasteiger partial charge in [0.15, 0.2) is 5.92 Å². The first kappa shape index (κ1) is 16.9. The Labute approximate surface area is 149 Å². The lowest BCUT2D eigenvalue weighted by atomic mass is 10.0. The zero-order valence-corrected chi connectivity index (χ0v) is 14.0. The number of urea groups is 1. The van der Waals surface area contributed by atoms with Crippen molar-refractivity contribution in [3.8, 4) is 0 Å².